The summed E-state index contributed by atoms with van der Waals surface area (Å²) in [5, 5.41) is 3.62. The second-order valence-electron chi connectivity index (χ2n) is 6.98. The first-order chi connectivity index (χ1) is 13.0. The molecule has 6 heteroatoms. The minimum absolute atomic E-state index is 0.0390. The smallest absolute Gasteiger partial charge is 0.241 e. The predicted octanol–water partition coefficient (Wildman–Crippen LogP) is 3.93. The first-order valence-electron chi connectivity index (χ1n) is 9.21. The summed E-state index contributed by atoms with van der Waals surface area (Å²) in [6.07, 6.45) is 0. The van der Waals surface area contributed by atoms with Crippen LogP contribution in [0.1, 0.15) is 18.1 Å². The molecule has 1 unspecified atom stereocenters. The average Bonchev–Trinajstić information content (AvgIpc) is 2.67. The molecule has 1 aliphatic rings. The van der Waals surface area contributed by atoms with Crippen molar-refractivity contribution in [3.63, 3.8) is 0 Å². The Bertz CT molecular complexity index is 806. The Balaban J connectivity index is 1.53. The van der Waals surface area contributed by atoms with Crippen molar-refractivity contribution in [2.75, 3.05) is 31.5 Å². The molecule has 0 spiro atoms. The second-order valence-corrected chi connectivity index (χ2v) is 7.39. The SMILES string of the molecule is Cc1c(Cl)cccc1NC(=O)C(C)N1CCN(Cc2ccccc2F)CC1. The van der Waals surface area contributed by atoms with Crippen molar-refractivity contribution in [3.05, 3.63) is 64.4 Å². The summed E-state index contributed by atoms with van der Waals surface area (Å²) < 4.78 is 13.8. The van der Waals surface area contributed by atoms with E-state index in [-0.39, 0.29) is 17.8 Å². The number of nitrogens with zero attached hydrogens (tertiary/aromatic N) is 2. The van der Waals surface area contributed by atoms with Crippen molar-refractivity contribution in [1.29, 1.82) is 0 Å². The fraction of sp³-hybridized carbons (Fsp3) is 0.381. The fourth-order valence-corrected chi connectivity index (χ4v) is 3.50. The topological polar surface area (TPSA) is 35.6 Å². The van der Waals surface area contributed by atoms with Gasteiger partial charge in [-0.1, -0.05) is 35.9 Å². The molecule has 1 atom stereocenters. The Kier molecular flexibility index (Phi) is 6.47. The molecule has 0 bridgehead atoms. The Morgan fingerprint density at radius 1 is 1.15 bits per heavy atom. The van der Waals surface area contributed by atoms with Gasteiger partial charge in [-0.15, -0.1) is 0 Å². The highest BCUT2D eigenvalue weighted by molar-refractivity contribution is 6.31. The molecular formula is C21H25ClFN3O. The fourth-order valence-electron chi connectivity index (χ4n) is 3.32. The molecule has 0 radical (unpaired) electrons. The van der Waals surface area contributed by atoms with Crippen molar-refractivity contribution in [3.8, 4) is 0 Å². The molecule has 1 heterocycles. The van der Waals surface area contributed by atoms with Gasteiger partial charge in [0.05, 0.1) is 6.04 Å². The van der Waals surface area contributed by atoms with Gasteiger partial charge in [-0.2, -0.15) is 0 Å². The second kappa shape index (κ2) is 8.83. The average molecular weight is 390 g/mol. The van der Waals surface area contributed by atoms with Gasteiger partial charge in [0.2, 0.25) is 5.91 Å². The minimum Gasteiger partial charge on any atom is -0.324 e. The van der Waals surface area contributed by atoms with E-state index in [1.807, 2.05) is 44.2 Å². The van der Waals surface area contributed by atoms with E-state index >= 15 is 0 Å². The van der Waals surface area contributed by atoms with E-state index in [0.717, 1.165) is 37.4 Å². The Labute approximate surface area is 164 Å². The van der Waals surface area contributed by atoms with Crippen LogP contribution in [0.3, 0.4) is 0 Å². The van der Waals surface area contributed by atoms with Crippen LogP contribution in [0.4, 0.5) is 10.1 Å². The monoisotopic (exact) mass is 389 g/mol. The van der Waals surface area contributed by atoms with Crippen LogP contribution in [0.25, 0.3) is 0 Å². The number of piperazine rings is 1. The summed E-state index contributed by atoms with van der Waals surface area (Å²) in [6.45, 7) is 7.58. The lowest BCUT2D eigenvalue weighted by molar-refractivity contribution is -0.121. The lowest BCUT2D eigenvalue weighted by atomic mass is 10.1. The van der Waals surface area contributed by atoms with Gasteiger partial charge < -0.3 is 5.32 Å². The highest BCUT2D eigenvalue weighted by Gasteiger charge is 2.26. The lowest BCUT2D eigenvalue weighted by Crippen LogP contribution is -2.52. The number of carbonyl (C=O) groups is 1. The van der Waals surface area contributed by atoms with Gasteiger partial charge in [-0.25, -0.2) is 4.39 Å². The zero-order chi connectivity index (χ0) is 19.4. The summed E-state index contributed by atoms with van der Waals surface area (Å²) in [4.78, 5) is 17.0. The zero-order valence-corrected chi connectivity index (χ0v) is 16.5. The predicted molar refractivity (Wildman–Crippen MR) is 108 cm³/mol. The van der Waals surface area contributed by atoms with Crippen LogP contribution >= 0.6 is 11.6 Å². The van der Waals surface area contributed by atoms with Crippen LogP contribution in [0.2, 0.25) is 5.02 Å². The van der Waals surface area contributed by atoms with E-state index in [9.17, 15) is 9.18 Å². The molecule has 0 aliphatic carbocycles. The molecule has 2 aromatic carbocycles. The van der Waals surface area contributed by atoms with Crippen molar-refractivity contribution in [2.24, 2.45) is 0 Å². The minimum atomic E-state index is -0.237. The van der Waals surface area contributed by atoms with Gasteiger partial charge in [0.25, 0.3) is 0 Å². The lowest BCUT2D eigenvalue weighted by Gasteiger charge is -2.37. The van der Waals surface area contributed by atoms with Crippen molar-refractivity contribution in [1.82, 2.24) is 9.80 Å². The summed E-state index contributed by atoms with van der Waals surface area (Å²) in [6, 6.07) is 12.2. The van der Waals surface area contributed by atoms with Crippen molar-refractivity contribution in [2.45, 2.75) is 26.4 Å². The number of anilines is 1. The molecule has 1 fully saturated rings. The number of rotatable bonds is 5. The number of hydrogen-bond donors (Lipinski definition) is 1. The van der Waals surface area contributed by atoms with Crippen LogP contribution in [-0.4, -0.2) is 47.9 Å². The molecule has 0 saturated carbocycles. The standard InChI is InChI=1S/C21H25ClFN3O/c1-15-18(22)7-5-9-20(15)24-21(27)16(2)26-12-10-25(11-13-26)14-17-6-3-4-8-19(17)23/h3-9,16H,10-14H2,1-2H3,(H,24,27). The number of nitrogens with one attached hydrogen (secondary N) is 1. The normalized spacial score (nSPS) is 16.9. The highest BCUT2D eigenvalue weighted by atomic mass is 35.5. The summed E-state index contributed by atoms with van der Waals surface area (Å²) in [5.74, 6) is -0.201. The Morgan fingerprint density at radius 3 is 2.56 bits per heavy atom. The van der Waals surface area contributed by atoms with Crippen molar-refractivity contribution < 1.29 is 9.18 Å². The van der Waals surface area contributed by atoms with Gasteiger partial charge in [0.1, 0.15) is 5.82 Å². The van der Waals surface area contributed by atoms with Gasteiger partial charge in [-0.3, -0.25) is 14.6 Å². The molecule has 1 N–H and O–H groups in total. The molecule has 2 aromatic rings. The Hall–Kier alpha value is -1.95. The third kappa shape index (κ3) is 4.86. The largest absolute Gasteiger partial charge is 0.324 e. The van der Waals surface area contributed by atoms with Gasteiger partial charge in [0, 0.05) is 49.0 Å². The van der Waals surface area contributed by atoms with E-state index in [1.54, 1.807) is 6.07 Å². The van der Waals surface area contributed by atoms with Gasteiger partial charge >= 0.3 is 0 Å². The number of benzene rings is 2. The molecule has 144 valence electrons. The molecule has 3 rings (SSSR count). The van der Waals surface area contributed by atoms with E-state index in [0.29, 0.717) is 17.1 Å². The maximum atomic E-state index is 13.8. The van der Waals surface area contributed by atoms with Crippen LogP contribution < -0.4 is 5.32 Å². The van der Waals surface area contributed by atoms with Crippen LogP contribution in [0, 0.1) is 12.7 Å². The Morgan fingerprint density at radius 2 is 1.85 bits per heavy atom. The van der Waals surface area contributed by atoms with E-state index in [4.69, 9.17) is 11.6 Å². The van der Waals surface area contributed by atoms with Crippen molar-refractivity contribution >= 4 is 23.2 Å². The molecule has 27 heavy (non-hydrogen) atoms. The first kappa shape index (κ1) is 19.8. The number of hydrogen-bond acceptors (Lipinski definition) is 3. The molecule has 1 amide bonds. The third-order valence-electron chi connectivity index (χ3n) is 5.21. The third-order valence-corrected chi connectivity index (χ3v) is 5.62. The molecule has 4 nitrogen and oxygen atoms in total. The molecular weight excluding hydrogens is 365 g/mol. The molecule has 1 aliphatic heterocycles. The maximum Gasteiger partial charge on any atom is 0.241 e. The number of carbonyl (C=O) groups excluding carboxylic acids is 1. The van der Waals surface area contributed by atoms with E-state index in [1.165, 1.54) is 6.07 Å². The summed E-state index contributed by atoms with van der Waals surface area (Å²) in [5.41, 5.74) is 2.33. The summed E-state index contributed by atoms with van der Waals surface area (Å²) in [7, 11) is 0. The number of amides is 1. The molecule has 0 aromatic heterocycles. The van der Waals surface area contributed by atoms with Crippen LogP contribution in [0.15, 0.2) is 42.5 Å². The van der Waals surface area contributed by atoms with Crippen LogP contribution in [-0.2, 0) is 11.3 Å². The highest BCUT2D eigenvalue weighted by Crippen LogP contribution is 2.23. The first-order valence-corrected chi connectivity index (χ1v) is 9.59. The van der Waals surface area contributed by atoms with Gasteiger partial charge in [0.15, 0.2) is 0 Å². The van der Waals surface area contributed by atoms with Gasteiger partial charge in [-0.05, 0) is 37.6 Å². The molecule has 1 saturated heterocycles. The maximum absolute atomic E-state index is 13.8. The van der Waals surface area contributed by atoms with E-state index in [2.05, 4.69) is 15.1 Å². The zero-order valence-electron chi connectivity index (χ0n) is 15.7. The van der Waals surface area contributed by atoms with Crippen LogP contribution in [0.5, 0.6) is 0 Å². The van der Waals surface area contributed by atoms with E-state index < -0.39 is 0 Å². The summed E-state index contributed by atoms with van der Waals surface area (Å²) >= 11 is 6.13. The number of halogens is 2. The quantitative estimate of drug-likeness (QED) is 0.841.